The number of nitrogen functional groups attached to an aromatic ring is 2. The number of aliphatic carboxylic acids is 1. The van der Waals surface area contributed by atoms with Crippen molar-refractivity contribution in [3.05, 3.63) is 40.0 Å². The molecule has 10 N–H and O–H groups in total. The lowest BCUT2D eigenvalue weighted by Gasteiger charge is -2.14. The predicted octanol–water partition coefficient (Wildman–Crippen LogP) is -1.56. The Morgan fingerprint density at radius 2 is 2.00 bits per heavy atom. The van der Waals surface area contributed by atoms with Crippen molar-refractivity contribution < 1.29 is 23.9 Å². The lowest BCUT2D eigenvalue weighted by molar-refractivity contribution is -0.139. The number of aromatic amines is 2. The van der Waals surface area contributed by atoms with Gasteiger partial charge in [-0.2, -0.15) is 10.2 Å². The minimum atomic E-state index is -1.38. The van der Waals surface area contributed by atoms with Gasteiger partial charge in [0, 0.05) is 12.5 Å². The number of hydrogen-bond acceptors (Lipinski definition) is 11. The fraction of sp³-hybridized carbons (Fsp3) is 0.188. The van der Waals surface area contributed by atoms with Gasteiger partial charge in [-0.25, -0.2) is 19.0 Å². The Morgan fingerprint density at radius 3 is 2.62 bits per heavy atom. The van der Waals surface area contributed by atoms with Crippen LogP contribution in [-0.2, 0) is 11.2 Å². The van der Waals surface area contributed by atoms with Crippen molar-refractivity contribution in [2.24, 2.45) is 0 Å². The van der Waals surface area contributed by atoms with E-state index in [1.165, 1.54) is 0 Å². The SMILES string of the molecule is Nc1nc(N)c(NC(=O)Nc2cnc(C(=O)NC(CCc3nn[nH]n3)C(=O)O)c(F)c2)c(=O)[nH]1. The Balaban J connectivity index is 1.64. The smallest absolute Gasteiger partial charge is 0.326 e. The molecule has 0 saturated carbocycles. The number of rotatable bonds is 8. The van der Waals surface area contributed by atoms with E-state index in [2.05, 4.69) is 51.5 Å². The van der Waals surface area contributed by atoms with E-state index in [9.17, 15) is 28.7 Å². The van der Waals surface area contributed by atoms with E-state index in [-0.39, 0.29) is 36.1 Å². The van der Waals surface area contributed by atoms with E-state index >= 15 is 0 Å². The number of halogens is 1. The molecule has 0 aliphatic rings. The van der Waals surface area contributed by atoms with Gasteiger partial charge < -0.3 is 27.2 Å². The zero-order valence-electron chi connectivity index (χ0n) is 17.0. The molecule has 0 spiro atoms. The van der Waals surface area contributed by atoms with E-state index in [0.717, 1.165) is 12.3 Å². The maximum atomic E-state index is 14.4. The Morgan fingerprint density at radius 1 is 1.24 bits per heavy atom. The maximum absolute atomic E-state index is 14.4. The highest BCUT2D eigenvalue weighted by Crippen LogP contribution is 2.14. The van der Waals surface area contributed by atoms with Gasteiger partial charge in [0.1, 0.15) is 6.04 Å². The van der Waals surface area contributed by atoms with Gasteiger partial charge in [0.2, 0.25) is 5.95 Å². The van der Waals surface area contributed by atoms with E-state index < -0.39 is 46.7 Å². The van der Waals surface area contributed by atoms with Gasteiger partial charge in [0.15, 0.2) is 28.8 Å². The fourth-order valence-electron chi connectivity index (χ4n) is 2.62. The van der Waals surface area contributed by atoms with Gasteiger partial charge in [0.05, 0.1) is 11.9 Å². The Labute approximate surface area is 187 Å². The second-order valence-electron chi connectivity index (χ2n) is 6.58. The highest BCUT2D eigenvalue weighted by molar-refractivity contribution is 6.01. The van der Waals surface area contributed by atoms with E-state index in [4.69, 9.17) is 11.5 Å². The van der Waals surface area contributed by atoms with E-state index in [1.54, 1.807) is 0 Å². The molecule has 3 rings (SSSR count). The molecular formula is C16H17FN12O5. The van der Waals surface area contributed by atoms with Crippen molar-refractivity contribution in [1.82, 2.24) is 40.9 Å². The third-order valence-electron chi connectivity index (χ3n) is 4.17. The summed E-state index contributed by atoms with van der Waals surface area (Å²) in [5.74, 6) is -3.98. The van der Waals surface area contributed by atoms with Crippen LogP contribution in [0.3, 0.4) is 0 Å². The van der Waals surface area contributed by atoms with Gasteiger partial charge in [-0.05, 0) is 6.42 Å². The van der Waals surface area contributed by atoms with Crippen LogP contribution in [0.2, 0.25) is 0 Å². The number of carboxylic acid groups (broad SMARTS) is 1. The second kappa shape index (κ2) is 9.97. The number of amides is 3. The molecule has 0 aromatic carbocycles. The van der Waals surface area contributed by atoms with E-state index in [0.29, 0.717) is 0 Å². The van der Waals surface area contributed by atoms with Crippen LogP contribution in [0.4, 0.5) is 32.3 Å². The molecule has 0 aliphatic carbocycles. The summed E-state index contributed by atoms with van der Waals surface area (Å²) in [7, 11) is 0. The molecule has 0 bridgehead atoms. The van der Waals surface area contributed by atoms with Crippen LogP contribution < -0.4 is 33.0 Å². The summed E-state index contributed by atoms with van der Waals surface area (Å²) >= 11 is 0. The first kappa shape index (κ1) is 23.5. The number of carboxylic acids is 1. The number of hydrogen-bond donors (Lipinski definition) is 8. The van der Waals surface area contributed by atoms with Crippen LogP contribution in [0.25, 0.3) is 0 Å². The van der Waals surface area contributed by atoms with Gasteiger partial charge >= 0.3 is 12.0 Å². The zero-order valence-corrected chi connectivity index (χ0v) is 17.0. The van der Waals surface area contributed by atoms with Crippen molar-refractivity contribution in [2.45, 2.75) is 18.9 Å². The van der Waals surface area contributed by atoms with Gasteiger partial charge in [-0.1, -0.05) is 5.21 Å². The molecule has 18 heteroatoms. The number of aryl methyl sites for hydroxylation is 1. The molecule has 178 valence electrons. The van der Waals surface area contributed by atoms with Gasteiger partial charge in [-0.3, -0.25) is 19.9 Å². The molecule has 17 nitrogen and oxygen atoms in total. The third kappa shape index (κ3) is 5.75. The number of nitrogens with two attached hydrogens (primary N) is 2. The maximum Gasteiger partial charge on any atom is 0.326 e. The molecule has 0 fully saturated rings. The van der Waals surface area contributed by atoms with Crippen molar-refractivity contribution in [2.75, 3.05) is 22.1 Å². The average Bonchev–Trinajstić information content (AvgIpc) is 3.27. The zero-order chi connectivity index (χ0) is 24.8. The Bertz CT molecular complexity index is 1280. The third-order valence-corrected chi connectivity index (χ3v) is 4.17. The van der Waals surface area contributed by atoms with Crippen LogP contribution in [-0.4, -0.2) is 64.6 Å². The molecule has 0 radical (unpaired) electrons. The molecule has 3 aromatic rings. The lowest BCUT2D eigenvalue weighted by Crippen LogP contribution is -2.41. The summed E-state index contributed by atoms with van der Waals surface area (Å²) in [4.78, 5) is 57.0. The predicted molar refractivity (Wildman–Crippen MR) is 112 cm³/mol. The summed E-state index contributed by atoms with van der Waals surface area (Å²) in [5.41, 5.74) is 8.75. The molecule has 3 heterocycles. The first-order valence-corrected chi connectivity index (χ1v) is 9.29. The van der Waals surface area contributed by atoms with Crippen LogP contribution in [0.15, 0.2) is 17.1 Å². The average molecular weight is 476 g/mol. The van der Waals surface area contributed by atoms with E-state index in [1.807, 2.05) is 0 Å². The molecular weight excluding hydrogens is 459 g/mol. The number of aromatic nitrogens is 7. The normalized spacial score (nSPS) is 11.4. The number of anilines is 4. The quantitative estimate of drug-likeness (QED) is 0.183. The molecule has 1 unspecified atom stereocenters. The first-order valence-electron chi connectivity index (χ1n) is 9.29. The summed E-state index contributed by atoms with van der Waals surface area (Å²) < 4.78 is 14.4. The highest BCUT2D eigenvalue weighted by atomic mass is 19.1. The summed E-state index contributed by atoms with van der Waals surface area (Å²) in [5, 5.41) is 28.6. The number of carbonyl (C=O) groups excluding carboxylic acids is 2. The number of pyridine rings is 1. The standard InChI is InChI=1S/C16H17FN12O5/c17-6-3-5(21-16(34)23-10-11(18)24-15(19)25-13(10)31)4-20-9(6)12(30)22-7(14(32)33)1-2-8-26-28-29-27-8/h3-4,7H,1-2H2,(H,22,30)(H,32,33)(H2,21,23,34)(H,26,27,28,29)(H5,18,19,24,25,31). The molecule has 3 amide bonds. The number of tetrazole rings is 1. The second-order valence-corrected chi connectivity index (χ2v) is 6.58. The van der Waals surface area contributed by atoms with Crippen molar-refractivity contribution in [3.8, 4) is 0 Å². The molecule has 1 atom stereocenters. The molecule has 0 aliphatic heterocycles. The Kier molecular flexibility index (Phi) is 6.89. The first-order chi connectivity index (χ1) is 16.1. The van der Waals surface area contributed by atoms with Crippen LogP contribution >= 0.6 is 0 Å². The lowest BCUT2D eigenvalue weighted by atomic mass is 10.1. The molecule has 34 heavy (non-hydrogen) atoms. The van der Waals surface area contributed by atoms with Gasteiger partial charge in [0.25, 0.3) is 11.5 Å². The number of nitrogens with one attached hydrogen (secondary N) is 5. The van der Waals surface area contributed by atoms with Gasteiger partial charge in [-0.15, -0.1) is 10.2 Å². The summed E-state index contributed by atoms with van der Waals surface area (Å²) in [6.07, 6.45) is 0.935. The minimum absolute atomic E-state index is 0.0818. The van der Waals surface area contributed by atoms with Crippen molar-refractivity contribution in [1.29, 1.82) is 0 Å². The number of carbonyl (C=O) groups is 3. The van der Waals surface area contributed by atoms with Crippen molar-refractivity contribution >= 4 is 41.0 Å². The van der Waals surface area contributed by atoms with Crippen LogP contribution in [0.5, 0.6) is 0 Å². The topological polar surface area (TPSA) is 273 Å². The van der Waals surface area contributed by atoms with Crippen LogP contribution in [0, 0.1) is 5.82 Å². The summed E-state index contributed by atoms with van der Waals surface area (Å²) in [6.45, 7) is 0. The summed E-state index contributed by atoms with van der Waals surface area (Å²) in [6, 6.07) is -1.60. The van der Waals surface area contributed by atoms with Crippen LogP contribution in [0.1, 0.15) is 22.7 Å². The molecule has 0 saturated heterocycles. The molecule has 3 aromatic heterocycles. The monoisotopic (exact) mass is 476 g/mol. The largest absolute Gasteiger partial charge is 0.480 e. The Hall–Kier alpha value is -5.16. The minimum Gasteiger partial charge on any atom is -0.480 e. The fourth-order valence-corrected chi connectivity index (χ4v) is 2.62. The van der Waals surface area contributed by atoms with Crippen molar-refractivity contribution in [3.63, 3.8) is 0 Å². The number of nitrogens with zero attached hydrogens (tertiary/aromatic N) is 5. The highest BCUT2D eigenvalue weighted by Gasteiger charge is 2.24. The number of urea groups is 1. The number of H-pyrrole nitrogens is 2.